The quantitative estimate of drug-likeness (QED) is 0.213. The highest BCUT2D eigenvalue weighted by molar-refractivity contribution is 7.98. The number of aromatic nitrogens is 4. The smallest absolute Gasteiger partial charge is 0.191 e. The van der Waals surface area contributed by atoms with Crippen LogP contribution in [0.15, 0.2) is 71.7 Å². The van der Waals surface area contributed by atoms with Crippen molar-refractivity contribution in [3.05, 3.63) is 88.9 Å². The molecular formula is C22H18ClFN4OS2. The number of halogens is 2. The molecule has 0 atom stereocenters. The largest absolute Gasteiger partial charge is 0.486 e. The summed E-state index contributed by atoms with van der Waals surface area (Å²) in [6.07, 6.45) is 1.78. The van der Waals surface area contributed by atoms with Crippen molar-refractivity contribution in [3.63, 3.8) is 0 Å². The maximum absolute atomic E-state index is 13.1. The first kappa shape index (κ1) is 21.5. The van der Waals surface area contributed by atoms with E-state index >= 15 is 0 Å². The van der Waals surface area contributed by atoms with Gasteiger partial charge in [0.2, 0.25) is 0 Å². The van der Waals surface area contributed by atoms with Gasteiger partial charge in [0.25, 0.3) is 0 Å². The summed E-state index contributed by atoms with van der Waals surface area (Å²) < 4.78 is 20.7. The molecule has 0 spiro atoms. The fourth-order valence-corrected chi connectivity index (χ4v) is 4.90. The highest BCUT2D eigenvalue weighted by atomic mass is 35.5. The van der Waals surface area contributed by atoms with Crippen LogP contribution in [0.1, 0.15) is 11.5 Å². The summed E-state index contributed by atoms with van der Waals surface area (Å²) in [4.78, 5) is 4.70. The number of allylic oxidation sites excluding steroid dienone is 1. The van der Waals surface area contributed by atoms with Crippen molar-refractivity contribution in [1.29, 1.82) is 0 Å². The molecule has 31 heavy (non-hydrogen) atoms. The first-order valence-electron chi connectivity index (χ1n) is 9.37. The van der Waals surface area contributed by atoms with Gasteiger partial charge in [-0.05, 0) is 30.3 Å². The Morgan fingerprint density at radius 3 is 2.74 bits per heavy atom. The molecule has 0 aliphatic carbocycles. The molecule has 0 saturated heterocycles. The van der Waals surface area contributed by atoms with Gasteiger partial charge in [0.05, 0.1) is 10.7 Å². The van der Waals surface area contributed by atoms with Crippen molar-refractivity contribution in [3.8, 4) is 16.3 Å². The van der Waals surface area contributed by atoms with Crippen molar-refractivity contribution < 1.29 is 9.13 Å². The minimum Gasteiger partial charge on any atom is -0.486 e. The zero-order valence-electron chi connectivity index (χ0n) is 16.4. The maximum Gasteiger partial charge on any atom is 0.191 e. The predicted octanol–water partition coefficient (Wildman–Crippen LogP) is 6.25. The highest BCUT2D eigenvalue weighted by Crippen LogP contribution is 2.32. The normalized spacial score (nSPS) is 10.9. The SMILES string of the molecule is C=CCn1c(COc2ccc(F)cc2)nnc1SCc1csc(-c2ccccc2Cl)n1. The molecule has 4 aromatic rings. The molecule has 9 heteroatoms. The Bertz CT molecular complexity index is 1180. The van der Waals surface area contributed by atoms with Crippen LogP contribution in [-0.2, 0) is 18.9 Å². The number of hydrogen-bond donors (Lipinski definition) is 0. The molecule has 0 aliphatic rings. The lowest BCUT2D eigenvalue weighted by Crippen LogP contribution is -2.07. The average molecular weight is 473 g/mol. The van der Waals surface area contributed by atoms with Crippen LogP contribution in [0.25, 0.3) is 10.6 Å². The molecule has 0 N–H and O–H groups in total. The van der Waals surface area contributed by atoms with Crippen molar-refractivity contribution in [2.75, 3.05) is 0 Å². The number of nitrogens with zero attached hydrogens (tertiary/aromatic N) is 4. The van der Waals surface area contributed by atoms with Crippen LogP contribution in [0.2, 0.25) is 5.02 Å². The van der Waals surface area contributed by atoms with Crippen LogP contribution < -0.4 is 4.74 Å². The van der Waals surface area contributed by atoms with E-state index < -0.39 is 0 Å². The van der Waals surface area contributed by atoms with E-state index in [-0.39, 0.29) is 12.4 Å². The second-order valence-electron chi connectivity index (χ2n) is 6.45. The Balaban J connectivity index is 1.43. The standard InChI is InChI=1S/C22H18ClFN4OS2/c1-2-11-28-20(12-29-17-9-7-15(24)8-10-17)26-27-22(28)31-14-16-13-30-21(25-16)18-5-3-4-6-19(18)23/h2-10,13H,1,11-12,14H2. The fourth-order valence-electron chi connectivity index (χ4n) is 2.79. The number of hydrogen-bond acceptors (Lipinski definition) is 6. The number of ether oxygens (including phenoxy) is 1. The molecule has 2 heterocycles. The second kappa shape index (κ2) is 10.1. The average Bonchev–Trinajstić information content (AvgIpc) is 3.40. The monoisotopic (exact) mass is 472 g/mol. The molecule has 5 nitrogen and oxygen atoms in total. The minimum atomic E-state index is -0.305. The third kappa shape index (κ3) is 5.33. The molecule has 0 unspecified atom stereocenters. The van der Waals surface area contributed by atoms with Gasteiger partial charge in [0.15, 0.2) is 11.0 Å². The van der Waals surface area contributed by atoms with E-state index in [1.165, 1.54) is 12.1 Å². The van der Waals surface area contributed by atoms with Gasteiger partial charge in [-0.15, -0.1) is 28.1 Å². The van der Waals surface area contributed by atoms with Gasteiger partial charge >= 0.3 is 0 Å². The van der Waals surface area contributed by atoms with E-state index in [9.17, 15) is 4.39 Å². The first-order chi connectivity index (χ1) is 15.1. The molecule has 0 radical (unpaired) electrons. The Morgan fingerprint density at radius 2 is 1.97 bits per heavy atom. The number of rotatable bonds is 9. The van der Waals surface area contributed by atoms with Gasteiger partial charge in [-0.3, -0.25) is 4.57 Å². The molecule has 2 aromatic heterocycles. The Labute approximate surface area is 192 Å². The lowest BCUT2D eigenvalue weighted by molar-refractivity contribution is 0.288. The van der Waals surface area contributed by atoms with Crippen LogP contribution in [0.5, 0.6) is 5.75 Å². The Hall–Kier alpha value is -2.68. The van der Waals surface area contributed by atoms with Gasteiger partial charge < -0.3 is 4.74 Å². The van der Waals surface area contributed by atoms with Crippen molar-refractivity contribution in [2.24, 2.45) is 0 Å². The second-order valence-corrected chi connectivity index (χ2v) is 8.66. The third-order valence-corrected chi connectivity index (χ3v) is 6.55. The Morgan fingerprint density at radius 1 is 1.16 bits per heavy atom. The van der Waals surface area contributed by atoms with Gasteiger partial charge in [-0.25, -0.2) is 9.37 Å². The van der Waals surface area contributed by atoms with E-state index in [4.69, 9.17) is 21.3 Å². The van der Waals surface area contributed by atoms with Crippen LogP contribution in [0.3, 0.4) is 0 Å². The molecule has 0 saturated carbocycles. The van der Waals surface area contributed by atoms with Crippen LogP contribution in [-0.4, -0.2) is 19.7 Å². The summed E-state index contributed by atoms with van der Waals surface area (Å²) >= 11 is 9.39. The molecule has 0 amide bonds. The number of benzene rings is 2. The van der Waals surface area contributed by atoms with Crippen LogP contribution in [0, 0.1) is 5.82 Å². The van der Waals surface area contributed by atoms with Crippen molar-refractivity contribution >= 4 is 34.7 Å². The summed E-state index contributed by atoms with van der Waals surface area (Å²) in [6.45, 7) is 4.60. The molecular weight excluding hydrogens is 455 g/mol. The first-order valence-corrected chi connectivity index (χ1v) is 11.6. The minimum absolute atomic E-state index is 0.223. The van der Waals surface area contributed by atoms with Crippen LogP contribution >= 0.6 is 34.7 Å². The number of thioether (sulfide) groups is 1. The summed E-state index contributed by atoms with van der Waals surface area (Å²) in [5.41, 5.74) is 1.88. The van der Waals surface area contributed by atoms with Crippen molar-refractivity contribution in [2.45, 2.75) is 24.1 Å². The summed E-state index contributed by atoms with van der Waals surface area (Å²) in [5.74, 6) is 1.58. The zero-order chi connectivity index (χ0) is 21.6. The molecule has 0 bridgehead atoms. The number of thiazole rings is 1. The fraction of sp³-hybridized carbons (Fsp3) is 0.136. The molecule has 4 rings (SSSR count). The zero-order valence-corrected chi connectivity index (χ0v) is 18.8. The van der Waals surface area contributed by atoms with Crippen LogP contribution in [0.4, 0.5) is 4.39 Å². The van der Waals surface area contributed by atoms with E-state index in [1.807, 2.05) is 34.2 Å². The lowest BCUT2D eigenvalue weighted by Gasteiger charge is -2.09. The Kier molecular flexibility index (Phi) is 7.01. The highest BCUT2D eigenvalue weighted by Gasteiger charge is 2.14. The summed E-state index contributed by atoms with van der Waals surface area (Å²) in [7, 11) is 0. The van der Waals surface area contributed by atoms with E-state index in [1.54, 1.807) is 41.3 Å². The lowest BCUT2D eigenvalue weighted by atomic mass is 10.2. The topological polar surface area (TPSA) is 52.8 Å². The molecule has 0 aliphatic heterocycles. The van der Waals surface area contributed by atoms with E-state index in [0.29, 0.717) is 28.9 Å². The molecule has 0 fully saturated rings. The molecule has 2 aromatic carbocycles. The van der Waals surface area contributed by atoms with Gasteiger partial charge in [0, 0.05) is 23.2 Å². The molecule has 158 valence electrons. The van der Waals surface area contributed by atoms with Gasteiger partial charge in [-0.2, -0.15) is 0 Å². The third-order valence-electron chi connectivity index (χ3n) is 4.29. The summed E-state index contributed by atoms with van der Waals surface area (Å²) in [6, 6.07) is 13.6. The van der Waals surface area contributed by atoms with Crippen molar-refractivity contribution in [1.82, 2.24) is 19.7 Å². The maximum atomic E-state index is 13.1. The predicted molar refractivity (Wildman–Crippen MR) is 123 cm³/mol. The van der Waals surface area contributed by atoms with Gasteiger partial charge in [0.1, 0.15) is 23.2 Å². The van der Waals surface area contributed by atoms with E-state index in [0.717, 1.165) is 21.4 Å². The van der Waals surface area contributed by atoms with Gasteiger partial charge in [-0.1, -0.05) is 47.6 Å². The summed E-state index contributed by atoms with van der Waals surface area (Å²) in [5, 5.41) is 12.9. The van der Waals surface area contributed by atoms with E-state index in [2.05, 4.69) is 16.8 Å².